The fourth-order valence-electron chi connectivity index (χ4n) is 5.56. The SMILES string of the molecule is NS(=O)(=O)c1ccc(OCCOC(=O)C23CC4CC(CC(Br)(C4)C2)C3)cc1. The van der Waals surface area contributed by atoms with E-state index in [4.69, 9.17) is 14.6 Å². The van der Waals surface area contributed by atoms with Gasteiger partial charge in [0.15, 0.2) is 0 Å². The van der Waals surface area contributed by atoms with Crippen LogP contribution in [-0.4, -0.2) is 31.9 Å². The van der Waals surface area contributed by atoms with E-state index >= 15 is 0 Å². The van der Waals surface area contributed by atoms with E-state index in [1.807, 2.05) is 0 Å². The molecule has 4 saturated carbocycles. The second-order valence-corrected chi connectivity index (χ2v) is 11.6. The first-order valence-corrected chi connectivity index (χ1v) is 11.6. The Labute approximate surface area is 168 Å². The summed E-state index contributed by atoms with van der Waals surface area (Å²) < 4.78 is 33.7. The predicted octanol–water partition coefficient (Wildman–Crippen LogP) is 2.99. The van der Waals surface area contributed by atoms with Crippen molar-refractivity contribution in [1.82, 2.24) is 0 Å². The molecule has 0 saturated heterocycles. The normalized spacial score (nSPS) is 34.4. The summed E-state index contributed by atoms with van der Waals surface area (Å²) >= 11 is 3.91. The third-order valence-electron chi connectivity index (χ3n) is 6.16. The van der Waals surface area contributed by atoms with Crippen molar-refractivity contribution in [2.24, 2.45) is 22.4 Å². The highest BCUT2D eigenvalue weighted by atomic mass is 79.9. The summed E-state index contributed by atoms with van der Waals surface area (Å²) in [6.45, 7) is 0.408. The minimum atomic E-state index is -3.71. The molecule has 2 atom stereocenters. The van der Waals surface area contributed by atoms with Gasteiger partial charge in [-0.1, -0.05) is 15.9 Å². The first kappa shape index (κ1) is 19.2. The van der Waals surface area contributed by atoms with Gasteiger partial charge < -0.3 is 9.47 Å². The van der Waals surface area contributed by atoms with Crippen molar-refractivity contribution < 1.29 is 22.7 Å². The number of esters is 1. The van der Waals surface area contributed by atoms with Crippen LogP contribution in [0.5, 0.6) is 5.75 Å². The van der Waals surface area contributed by atoms with Crippen LogP contribution in [0.1, 0.15) is 38.5 Å². The summed E-state index contributed by atoms with van der Waals surface area (Å²) in [4.78, 5) is 12.9. The molecule has 0 spiro atoms. The number of rotatable bonds is 6. The monoisotopic (exact) mass is 457 g/mol. The second kappa shape index (κ2) is 6.74. The topological polar surface area (TPSA) is 95.7 Å². The van der Waals surface area contributed by atoms with E-state index in [2.05, 4.69) is 15.9 Å². The molecule has 2 unspecified atom stereocenters. The highest BCUT2D eigenvalue weighted by Crippen LogP contribution is 2.64. The third-order valence-corrected chi connectivity index (χ3v) is 8.02. The average Bonchev–Trinajstić information content (AvgIpc) is 2.56. The molecule has 4 fully saturated rings. The summed E-state index contributed by atoms with van der Waals surface area (Å²) in [6.07, 6.45) is 6.38. The summed E-state index contributed by atoms with van der Waals surface area (Å²) in [6, 6.07) is 5.85. The second-order valence-electron chi connectivity index (χ2n) is 8.39. The van der Waals surface area contributed by atoms with Gasteiger partial charge in [-0.05, 0) is 74.6 Å². The average molecular weight is 458 g/mol. The van der Waals surface area contributed by atoms with Crippen molar-refractivity contribution in [3.63, 3.8) is 0 Å². The van der Waals surface area contributed by atoms with E-state index in [1.165, 1.54) is 43.5 Å². The lowest BCUT2D eigenvalue weighted by Gasteiger charge is -2.58. The van der Waals surface area contributed by atoms with Crippen molar-refractivity contribution in [2.75, 3.05) is 13.2 Å². The smallest absolute Gasteiger partial charge is 0.312 e. The maximum absolute atomic E-state index is 12.8. The number of benzene rings is 1. The molecule has 1 aromatic carbocycles. The Kier molecular flexibility index (Phi) is 4.79. The molecule has 4 aliphatic rings. The van der Waals surface area contributed by atoms with Crippen LogP contribution in [0.3, 0.4) is 0 Å². The third kappa shape index (κ3) is 3.89. The lowest BCUT2D eigenvalue weighted by molar-refractivity contribution is -0.170. The molecule has 4 bridgehead atoms. The minimum Gasteiger partial charge on any atom is -0.490 e. The predicted molar refractivity (Wildman–Crippen MR) is 103 cm³/mol. The molecule has 1 aromatic rings. The van der Waals surface area contributed by atoms with E-state index < -0.39 is 10.0 Å². The molecule has 27 heavy (non-hydrogen) atoms. The van der Waals surface area contributed by atoms with Gasteiger partial charge in [0.2, 0.25) is 10.0 Å². The van der Waals surface area contributed by atoms with Gasteiger partial charge in [0.25, 0.3) is 0 Å². The quantitative estimate of drug-likeness (QED) is 0.402. The van der Waals surface area contributed by atoms with Crippen LogP contribution < -0.4 is 9.88 Å². The van der Waals surface area contributed by atoms with Gasteiger partial charge in [-0.3, -0.25) is 4.79 Å². The largest absolute Gasteiger partial charge is 0.490 e. The van der Waals surface area contributed by atoms with Gasteiger partial charge in [-0.15, -0.1) is 0 Å². The fourth-order valence-corrected chi connectivity index (χ4v) is 7.53. The van der Waals surface area contributed by atoms with Crippen molar-refractivity contribution in [1.29, 1.82) is 0 Å². The summed E-state index contributed by atoms with van der Waals surface area (Å²) in [5, 5.41) is 5.07. The molecule has 148 valence electrons. The summed E-state index contributed by atoms with van der Waals surface area (Å²) in [7, 11) is -3.71. The van der Waals surface area contributed by atoms with Crippen LogP contribution in [-0.2, 0) is 19.6 Å². The Hall–Kier alpha value is -1.12. The number of sulfonamides is 1. The van der Waals surface area contributed by atoms with Crippen molar-refractivity contribution >= 4 is 31.9 Å². The first-order valence-electron chi connectivity index (χ1n) is 9.29. The van der Waals surface area contributed by atoms with E-state index in [1.54, 1.807) is 0 Å². The Bertz CT molecular complexity index is 824. The van der Waals surface area contributed by atoms with E-state index in [0.29, 0.717) is 17.6 Å². The van der Waals surface area contributed by atoms with Crippen molar-refractivity contribution in [3.8, 4) is 5.75 Å². The van der Waals surface area contributed by atoms with Crippen LogP contribution >= 0.6 is 15.9 Å². The maximum Gasteiger partial charge on any atom is 0.312 e. The molecule has 8 heteroatoms. The number of carbonyl (C=O) groups excluding carboxylic acids is 1. The zero-order chi connectivity index (χ0) is 19.3. The van der Waals surface area contributed by atoms with Crippen molar-refractivity contribution in [2.45, 2.75) is 47.7 Å². The van der Waals surface area contributed by atoms with Crippen LogP contribution in [0.25, 0.3) is 0 Å². The maximum atomic E-state index is 12.8. The first-order chi connectivity index (χ1) is 12.7. The number of primary sulfonamides is 1. The lowest BCUT2D eigenvalue weighted by Crippen LogP contribution is -2.56. The van der Waals surface area contributed by atoms with Gasteiger partial charge in [0.05, 0.1) is 10.3 Å². The lowest BCUT2D eigenvalue weighted by atomic mass is 9.49. The summed E-state index contributed by atoms with van der Waals surface area (Å²) in [5.74, 6) is 1.68. The fraction of sp³-hybridized carbons (Fsp3) is 0.632. The number of hydrogen-bond donors (Lipinski definition) is 1. The molecule has 4 aliphatic carbocycles. The zero-order valence-corrected chi connectivity index (χ0v) is 17.4. The number of ether oxygens (including phenoxy) is 2. The van der Waals surface area contributed by atoms with Gasteiger partial charge in [-0.2, -0.15) is 0 Å². The van der Waals surface area contributed by atoms with E-state index in [-0.39, 0.29) is 33.8 Å². The van der Waals surface area contributed by atoms with Gasteiger partial charge in [0.1, 0.15) is 19.0 Å². The molecule has 0 aliphatic heterocycles. The van der Waals surface area contributed by atoms with Crippen LogP contribution in [0.15, 0.2) is 29.2 Å². The van der Waals surface area contributed by atoms with Crippen LogP contribution in [0.4, 0.5) is 0 Å². The number of halogens is 1. The van der Waals surface area contributed by atoms with E-state index in [0.717, 1.165) is 19.3 Å². The standard InChI is InChI=1S/C19H24BrNO5S/c20-19-10-13-7-14(11-19)9-18(8-13,12-19)17(22)26-6-5-25-15-1-3-16(4-2-15)27(21,23)24/h1-4,13-14H,5-12H2,(H2,21,23,24). The molecule has 0 amide bonds. The highest BCUT2D eigenvalue weighted by molar-refractivity contribution is 9.10. The Morgan fingerprint density at radius 2 is 1.74 bits per heavy atom. The van der Waals surface area contributed by atoms with Crippen LogP contribution in [0.2, 0.25) is 0 Å². The Morgan fingerprint density at radius 3 is 2.30 bits per heavy atom. The Morgan fingerprint density at radius 1 is 1.11 bits per heavy atom. The van der Waals surface area contributed by atoms with Crippen molar-refractivity contribution in [3.05, 3.63) is 24.3 Å². The van der Waals surface area contributed by atoms with Gasteiger partial charge in [-0.25, -0.2) is 13.6 Å². The molecule has 0 aromatic heterocycles. The number of nitrogens with two attached hydrogens (primary N) is 1. The highest BCUT2D eigenvalue weighted by Gasteiger charge is 2.60. The number of alkyl halides is 1. The molecular formula is C19H24BrNO5S. The van der Waals surface area contributed by atoms with Gasteiger partial charge >= 0.3 is 5.97 Å². The van der Waals surface area contributed by atoms with Crippen LogP contribution in [0, 0.1) is 17.3 Å². The van der Waals surface area contributed by atoms with Gasteiger partial charge in [0, 0.05) is 4.32 Å². The van der Waals surface area contributed by atoms with E-state index in [9.17, 15) is 13.2 Å². The molecule has 5 rings (SSSR count). The molecule has 2 N–H and O–H groups in total. The zero-order valence-electron chi connectivity index (χ0n) is 15.0. The molecule has 0 radical (unpaired) electrons. The molecular weight excluding hydrogens is 434 g/mol. The number of hydrogen-bond acceptors (Lipinski definition) is 5. The molecule has 6 nitrogen and oxygen atoms in total. The minimum absolute atomic E-state index is 0.0341. The summed E-state index contributed by atoms with van der Waals surface area (Å²) in [5.41, 5.74) is -0.329. The Balaban J connectivity index is 1.29. The molecule has 0 heterocycles. The number of carbonyl (C=O) groups is 1.